The fourth-order valence-corrected chi connectivity index (χ4v) is 5.16. The normalized spacial score (nSPS) is 35.9. The molecule has 0 aromatic rings. The monoisotopic (exact) mass is 298 g/mol. The molecule has 0 bridgehead atoms. The maximum Gasteiger partial charge on any atom is 0.237 e. The molecule has 114 valence electrons. The van der Waals surface area contributed by atoms with Crippen molar-refractivity contribution in [1.29, 1.82) is 0 Å². The summed E-state index contributed by atoms with van der Waals surface area (Å²) in [5.74, 6) is -0.137. The fraction of sp³-hybridized carbons (Fsp3) is 0.933. The molecule has 2 saturated carbocycles. The Labute approximate surface area is 125 Å². The molecule has 0 radical (unpaired) electrons. The Kier molecular flexibility index (Phi) is 4.58. The molecule has 4 nitrogen and oxygen atoms in total. The van der Waals surface area contributed by atoms with Gasteiger partial charge in [-0.25, -0.2) is 0 Å². The average Bonchev–Trinajstić information content (AvgIpc) is 3.24. The zero-order chi connectivity index (χ0) is 14.0. The van der Waals surface area contributed by atoms with Crippen molar-refractivity contribution < 1.29 is 9.53 Å². The highest BCUT2D eigenvalue weighted by atomic mass is 32.2. The van der Waals surface area contributed by atoms with E-state index in [2.05, 4.69) is 17.1 Å². The maximum absolute atomic E-state index is 12.0. The van der Waals surface area contributed by atoms with E-state index in [0.717, 1.165) is 45.3 Å². The van der Waals surface area contributed by atoms with E-state index in [9.17, 15) is 4.79 Å². The molecule has 1 aliphatic heterocycles. The van der Waals surface area contributed by atoms with Gasteiger partial charge >= 0.3 is 0 Å². The highest BCUT2D eigenvalue weighted by Crippen LogP contribution is 2.40. The number of primary amides is 1. The Hall–Kier alpha value is -0.260. The first-order chi connectivity index (χ1) is 9.68. The van der Waals surface area contributed by atoms with E-state index < -0.39 is 5.54 Å². The number of amides is 1. The number of hydrogen-bond donors (Lipinski definition) is 2. The Balaban J connectivity index is 1.59. The minimum Gasteiger partial charge on any atom is -0.381 e. The molecule has 1 saturated heterocycles. The van der Waals surface area contributed by atoms with Crippen molar-refractivity contribution in [2.24, 2.45) is 5.73 Å². The number of nitrogens with one attached hydrogen (secondary N) is 1. The minimum atomic E-state index is -0.428. The van der Waals surface area contributed by atoms with Crippen LogP contribution >= 0.6 is 11.8 Å². The lowest BCUT2D eigenvalue weighted by Gasteiger charge is -2.40. The van der Waals surface area contributed by atoms with Gasteiger partial charge in [0.05, 0.1) is 5.54 Å². The van der Waals surface area contributed by atoms with Crippen LogP contribution in [0.1, 0.15) is 51.4 Å². The second kappa shape index (κ2) is 6.24. The van der Waals surface area contributed by atoms with Crippen LogP contribution in [-0.2, 0) is 9.53 Å². The lowest BCUT2D eigenvalue weighted by Crippen LogP contribution is -2.59. The van der Waals surface area contributed by atoms with Crippen molar-refractivity contribution in [3.8, 4) is 0 Å². The number of ether oxygens (including phenoxy) is 1. The first kappa shape index (κ1) is 14.7. The molecule has 0 aromatic carbocycles. The SMILES string of the molecule is NC(=O)C1(NC2CC2)CCCC(SC2CCOCC2)C1. The minimum absolute atomic E-state index is 0.137. The molecular formula is C15H26N2O2S. The zero-order valence-corrected chi connectivity index (χ0v) is 12.9. The van der Waals surface area contributed by atoms with Crippen molar-refractivity contribution in [1.82, 2.24) is 5.32 Å². The molecule has 1 amide bonds. The summed E-state index contributed by atoms with van der Waals surface area (Å²) in [7, 11) is 0. The topological polar surface area (TPSA) is 64.4 Å². The van der Waals surface area contributed by atoms with Gasteiger partial charge in [-0.1, -0.05) is 0 Å². The van der Waals surface area contributed by atoms with E-state index in [4.69, 9.17) is 10.5 Å². The summed E-state index contributed by atoms with van der Waals surface area (Å²) >= 11 is 2.08. The summed E-state index contributed by atoms with van der Waals surface area (Å²) in [6.45, 7) is 1.79. The van der Waals surface area contributed by atoms with Gasteiger partial charge in [-0.15, -0.1) is 0 Å². The lowest BCUT2D eigenvalue weighted by molar-refractivity contribution is -0.125. The van der Waals surface area contributed by atoms with Crippen molar-refractivity contribution in [3.05, 3.63) is 0 Å². The van der Waals surface area contributed by atoms with Gasteiger partial charge in [0.2, 0.25) is 5.91 Å². The van der Waals surface area contributed by atoms with E-state index >= 15 is 0 Å². The predicted octanol–water partition coefficient (Wildman–Crippen LogP) is 1.82. The summed E-state index contributed by atoms with van der Waals surface area (Å²) in [5, 5.41) is 4.84. The number of carbonyl (C=O) groups excluding carboxylic acids is 1. The third-order valence-corrected chi connectivity index (χ3v) is 6.43. The summed E-state index contributed by atoms with van der Waals surface area (Å²) in [6.07, 6.45) is 8.89. The Morgan fingerprint density at radius 3 is 2.55 bits per heavy atom. The van der Waals surface area contributed by atoms with Gasteiger partial charge in [0.15, 0.2) is 0 Å². The van der Waals surface area contributed by atoms with E-state index in [-0.39, 0.29) is 5.91 Å². The van der Waals surface area contributed by atoms with Gasteiger partial charge in [0.25, 0.3) is 0 Å². The second-order valence-corrected chi connectivity index (χ2v) is 8.14. The first-order valence-electron chi connectivity index (χ1n) is 7.99. The Morgan fingerprint density at radius 1 is 1.15 bits per heavy atom. The second-order valence-electron chi connectivity index (χ2n) is 6.53. The molecule has 3 fully saturated rings. The first-order valence-corrected chi connectivity index (χ1v) is 8.93. The van der Waals surface area contributed by atoms with Crippen molar-refractivity contribution in [3.63, 3.8) is 0 Å². The molecule has 5 heteroatoms. The molecule has 3 rings (SSSR count). The van der Waals surface area contributed by atoms with Gasteiger partial charge in [0, 0.05) is 29.8 Å². The van der Waals surface area contributed by atoms with Crippen LogP contribution in [-0.4, -0.2) is 41.2 Å². The Morgan fingerprint density at radius 2 is 1.90 bits per heavy atom. The number of nitrogens with two attached hydrogens (primary N) is 1. The van der Waals surface area contributed by atoms with Crippen molar-refractivity contribution in [2.45, 2.75) is 73.4 Å². The Bertz CT molecular complexity index is 356. The van der Waals surface area contributed by atoms with Gasteiger partial charge < -0.3 is 15.8 Å². The quantitative estimate of drug-likeness (QED) is 0.812. The van der Waals surface area contributed by atoms with E-state index in [1.165, 1.54) is 19.3 Å². The van der Waals surface area contributed by atoms with Gasteiger partial charge in [-0.3, -0.25) is 4.79 Å². The van der Waals surface area contributed by atoms with Crippen molar-refractivity contribution in [2.75, 3.05) is 13.2 Å². The molecule has 2 atom stereocenters. The summed E-state index contributed by atoms with van der Waals surface area (Å²) < 4.78 is 5.43. The summed E-state index contributed by atoms with van der Waals surface area (Å²) in [6, 6.07) is 0.536. The fourth-order valence-electron chi connectivity index (χ4n) is 3.47. The molecule has 2 unspecified atom stereocenters. The van der Waals surface area contributed by atoms with Crippen LogP contribution in [0.25, 0.3) is 0 Å². The predicted molar refractivity (Wildman–Crippen MR) is 81.8 cm³/mol. The van der Waals surface area contributed by atoms with Gasteiger partial charge in [-0.2, -0.15) is 11.8 Å². The van der Waals surface area contributed by atoms with Gasteiger partial charge in [0.1, 0.15) is 0 Å². The third-order valence-electron chi connectivity index (χ3n) is 4.79. The van der Waals surface area contributed by atoms with E-state index in [0.29, 0.717) is 16.5 Å². The smallest absolute Gasteiger partial charge is 0.237 e. The molecule has 3 aliphatic rings. The van der Waals surface area contributed by atoms with E-state index in [1.807, 2.05) is 0 Å². The van der Waals surface area contributed by atoms with E-state index in [1.54, 1.807) is 0 Å². The summed E-state index contributed by atoms with van der Waals surface area (Å²) in [5.41, 5.74) is 5.31. The highest BCUT2D eigenvalue weighted by molar-refractivity contribution is 8.00. The average molecular weight is 298 g/mol. The number of thioether (sulfide) groups is 1. The standard InChI is InChI=1S/C15H26N2O2S/c16-14(18)15(17-11-3-4-11)7-1-2-13(10-15)20-12-5-8-19-9-6-12/h11-13,17H,1-10H2,(H2,16,18). The number of hydrogen-bond acceptors (Lipinski definition) is 4. The van der Waals surface area contributed by atoms with Crippen LogP contribution in [0.3, 0.4) is 0 Å². The summed E-state index contributed by atoms with van der Waals surface area (Å²) in [4.78, 5) is 12.0. The molecular weight excluding hydrogens is 272 g/mol. The third kappa shape index (κ3) is 3.49. The molecule has 1 heterocycles. The van der Waals surface area contributed by atoms with Crippen LogP contribution in [0, 0.1) is 0 Å². The molecule has 2 aliphatic carbocycles. The zero-order valence-electron chi connectivity index (χ0n) is 12.1. The number of rotatable bonds is 5. The molecule has 20 heavy (non-hydrogen) atoms. The van der Waals surface area contributed by atoms with Crippen LogP contribution in [0.2, 0.25) is 0 Å². The van der Waals surface area contributed by atoms with Crippen LogP contribution in [0.4, 0.5) is 0 Å². The van der Waals surface area contributed by atoms with Gasteiger partial charge in [-0.05, 0) is 51.4 Å². The van der Waals surface area contributed by atoms with Crippen LogP contribution in [0.15, 0.2) is 0 Å². The van der Waals surface area contributed by atoms with Crippen LogP contribution < -0.4 is 11.1 Å². The highest BCUT2D eigenvalue weighted by Gasteiger charge is 2.45. The van der Waals surface area contributed by atoms with Crippen LogP contribution in [0.5, 0.6) is 0 Å². The molecule has 0 spiro atoms. The lowest BCUT2D eigenvalue weighted by atomic mass is 9.80. The largest absolute Gasteiger partial charge is 0.381 e. The maximum atomic E-state index is 12.0. The number of carbonyl (C=O) groups is 1. The molecule has 0 aromatic heterocycles. The van der Waals surface area contributed by atoms with Crippen molar-refractivity contribution >= 4 is 17.7 Å². The molecule has 3 N–H and O–H groups in total.